The Morgan fingerprint density at radius 3 is 2.64 bits per heavy atom. The standard InChI is InChI=1S/C19H15ClF3NO/c20-16-6-1-11(9-15(16)19(21,22)23)2-8-18(25)13-4-3-12-5-7-17(24)14(12)10-13/h1,3-4,6-7,9-10H,2,5,8,24H2. The summed E-state index contributed by atoms with van der Waals surface area (Å²) in [7, 11) is 0. The van der Waals surface area contributed by atoms with Crippen LogP contribution in [0.15, 0.2) is 42.5 Å². The first-order valence-corrected chi connectivity index (χ1v) is 8.11. The molecule has 0 unspecified atom stereocenters. The molecule has 0 saturated heterocycles. The Morgan fingerprint density at radius 2 is 1.92 bits per heavy atom. The predicted molar refractivity (Wildman–Crippen MR) is 91.4 cm³/mol. The molecule has 0 bridgehead atoms. The van der Waals surface area contributed by atoms with Crippen LogP contribution < -0.4 is 5.73 Å². The SMILES string of the molecule is NC1=CCc2ccc(C(=O)CCc3ccc(Cl)c(C(F)(F)F)c3)cc21. The maximum atomic E-state index is 12.9. The van der Waals surface area contributed by atoms with Crippen molar-refractivity contribution in [3.63, 3.8) is 0 Å². The van der Waals surface area contributed by atoms with Crippen LogP contribution in [0.4, 0.5) is 13.2 Å². The number of alkyl halides is 3. The number of nitrogens with two attached hydrogens (primary N) is 1. The number of Topliss-reactive ketones (excluding diaryl/α,β-unsaturated/α-hetero) is 1. The predicted octanol–water partition coefficient (Wildman–Crippen LogP) is 5.03. The maximum absolute atomic E-state index is 12.9. The Morgan fingerprint density at radius 1 is 1.16 bits per heavy atom. The monoisotopic (exact) mass is 365 g/mol. The Balaban J connectivity index is 1.73. The zero-order valence-corrected chi connectivity index (χ0v) is 13.9. The van der Waals surface area contributed by atoms with Gasteiger partial charge in [0.2, 0.25) is 0 Å². The van der Waals surface area contributed by atoms with E-state index >= 15 is 0 Å². The van der Waals surface area contributed by atoms with Gasteiger partial charge in [-0.2, -0.15) is 13.2 Å². The van der Waals surface area contributed by atoms with Gasteiger partial charge in [0.15, 0.2) is 5.78 Å². The summed E-state index contributed by atoms with van der Waals surface area (Å²) in [4.78, 5) is 12.4. The molecular weight excluding hydrogens is 351 g/mol. The van der Waals surface area contributed by atoms with Crippen LogP contribution in [0.25, 0.3) is 5.70 Å². The molecule has 0 saturated carbocycles. The molecule has 25 heavy (non-hydrogen) atoms. The first-order valence-electron chi connectivity index (χ1n) is 7.73. The fourth-order valence-corrected chi connectivity index (χ4v) is 3.10. The van der Waals surface area contributed by atoms with Gasteiger partial charge >= 0.3 is 6.18 Å². The number of hydrogen-bond donors (Lipinski definition) is 1. The van der Waals surface area contributed by atoms with Crippen molar-refractivity contribution in [1.82, 2.24) is 0 Å². The number of carbonyl (C=O) groups excluding carboxylic acids is 1. The van der Waals surface area contributed by atoms with Crippen LogP contribution in [-0.2, 0) is 19.0 Å². The molecule has 3 rings (SSSR count). The molecule has 0 atom stereocenters. The van der Waals surface area contributed by atoms with E-state index in [0.29, 0.717) is 16.8 Å². The van der Waals surface area contributed by atoms with Crippen molar-refractivity contribution in [2.45, 2.75) is 25.4 Å². The number of rotatable bonds is 4. The zero-order valence-electron chi connectivity index (χ0n) is 13.2. The zero-order chi connectivity index (χ0) is 18.2. The van der Waals surface area contributed by atoms with Crippen molar-refractivity contribution in [2.24, 2.45) is 5.73 Å². The van der Waals surface area contributed by atoms with Gasteiger partial charge in [0.1, 0.15) is 0 Å². The molecule has 0 heterocycles. The molecule has 2 aromatic carbocycles. The fourth-order valence-electron chi connectivity index (χ4n) is 2.87. The van der Waals surface area contributed by atoms with Crippen LogP contribution in [-0.4, -0.2) is 5.78 Å². The third-order valence-electron chi connectivity index (χ3n) is 4.26. The average molecular weight is 366 g/mol. The van der Waals surface area contributed by atoms with E-state index in [-0.39, 0.29) is 23.6 Å². The summed E-state index contributed by atoms with van der Waals surface area (Å²) in [5.74, 6) is -0.133. The Kier molecular flexibility index (Phi) is 4.60. The lowest BCUT2D eigenvalue weighted by Crippen LogP contribution is -2.08. The van der Waals surface area contributed by atoms with Crippen LogP contribution in [0, 0.1) is 0 Å². The van der Waals surface area contributed by atoms with E-state index in [1.54, 1.807) is 12.1 Å². The smallest absolute Gasteiger partial charge is 0.398 e. The molecule has 0 amide bonds. The van der Waals surface area contributed by atoms with E-state index in [4.69, 9.17) is 17.3 Å². The molecule has 0 spiro atoms. The molecule has 6 heteroatoms. The largest absolute Gasteiger partial charge is 0.417 e. The third kappa shape index (κ3) is 3.71. The Hall–Kier alpha value is -2.27. The number of hydrogen-bond acceptors (Lipinski definition) is 2. The second kappa shape index (κ2) is 6.56. The second-order valence-electron chi connectivity index (χ2n) is 5.97. The summed E-state index contributed by atoms with van der Waals surface area (Å²) < 4.78 is 38.7. The van der Waals surface area contributed by atoms with E-state index in [1.165, 1.54) is 12.1 Å². The Bertz CT molecular complexity index is 871. The lowest BCUT2D eigenvalue weighted by Gasteiger charge is -2.11. The first-order chi connectivity index (χ1) is 11.8. The lowest BCUT2D eigenvalue weighted by molar-refractivity contribution is -0.137. The highest BCUT2D eigenvalue weighted by Crippen LogP contribution is 2.35. The van der Waals surface area contributed by atoms with Gasteiger partial charge in [-0.3, -0.25) is 4.79 Å². The number of allylic oxidation sites excluding steroid dienone is 1. The number of benzene rings is 2. The number of carbonyl (C=O) groups is 1. The van der Waals surface area contributed by atoms with E-state index in [1.807, 2.05) is 12.1 Å². The van der Waals surface area contributed by atoms with Crippen LogP contribution in [0.2, 0.25) is 5.02 Å². The van der Waals surface area contributed by atoms with Gasteiger partial charge in [0, 0.05) is 23.2 Å². The topological polar surface area (TPSA) is 43.1 Å². The van der Waals surface area contributed by atoms with Crippen LogP contribution in [0.5, 0.6) is 0 Å². The Labute approximate surface area is 148 Å². The van der Waals surface area contributed by atoms with Crippen molar-refractivity contribution in [3.05, 3.63) is 75.3 Å². The van der Waals surface area contributed by atoms with Crippen molar-refractivity contribution in [2.75, 3.05) is 0 Å². The van der Waals surface area contributed by atoms with Crippen LogP contribution in [0.1, 0.15) is 39.0 Å². The summed E-state index contributed by atoms with van der Waals surface area (Å²) in [5, 5.41) is -0.344. The van der Waals surface area contributed by atoms with Gasteiger partial charge in [-0.1, -0.05) is 35.9 Å². The summed E-state index contributed by atoms with van der Waals surface area (Å²) in [6.07, 6.45) is -1.55. The molecule has 1 aliphatic carbocycles. The second-order valence-corrected chi connectivity index (χ2v) is 6.38. The van der Waals surface area contributed by atoms with E-state index < -0.39 is 11.7 Å². The molecule has 0 aliphatic heterocycles. The third-order valence-corrected chi connectivity index (χ3v) is 4.59. The first kappa shape index (κ1) is 17.5. The normalized spacial score (nSPS) is 13.5. The highest BCUT2D eigenvalue weighted by molar-refractivity contribution is 6.31. The number of aryl methyl sites for hydroxylation is 1. The summed E-state index contributed by atoms with van der Waals surface area (Å²) in [5.41, 5.74) is 8.52. The molecule has 0 radical (unpaired) electrons. The molecule has 130 valence electrons. The van der Waals surface area contributed by atoms with Gasteiger partial charge in [0.25, 0.3) is 0 Å². The van der Waals surface area contributed by atoms with Gasteiger partial charge in [-0.25, -0.2) is 0 Å². The van der Waals surface area contributed by atoms with E-state index in [2.05, 4.69) is 0 Å². The average Bonchev–Trinajstić information content (AvgIpc) is 2.93. The van der Waals surface area contributed by atoms with Crippen molar-refractivity contribution < 1.29 is 18.0 Å². The molecular formula is C19H15ClF3NO. The van der Waals surface area contributed by atoms with Crippen LogP contribution >= 0.6 is 11.6 Å². The van der Waals surface area contributed by atoms with Gasteiger partial charge in [-0.15, -0.1) is 0 Å². The fraction of sp³-hybridized carbons (Fsp3) is 0.211. The minimum atomic E-state index is -4.51. The van der Waals surface area contributed by atoms with Crippen molar-refractivity contribution >= 4 is 23.1 Å². The highest BCUT2D eigenvalue weighted by Gasteiger charge is 2.33. The molecule has 2 N–H and O–H groups in total. The molecule has 0 aromatic heterocycles. The maximum Gasteiger partial charge on any atom is 0.417 e. The van der Waals surface area contributed by atoms with E-state index in [9.17, 15) is 18.0 Å². The summed E-state index contributed by atoms with van der Waals surface area (Å²) in [6.45, 7) is 0. The van der Waals surface area contributed by atoms with Crippen LogP contribution in [0.3, 0.4) is 0 Å². The minimum absolute atomic E-state index is 0.112. The minimum Gasteiger partial charge on any atom is -0.398 e. The van der Waals surface area contributed by atoms with Gasteiger partial charge in [0.05, 0.1) is 10.6 Å². The number of fused-ring (bicyclic) bond motifs is 1. The van der Waals surface area contributed by atoms with Gasteiger partial charge in [-0.05, 0) is 42.2 Å². The molecule has 2 aromatic rings. The number of ketones is 1. The lowest BCUT2D eigenvalue weighted by atomic mass is 9.98. The molecule has 0 fully saturated rings. The number of halogens is 4. The molecule has 1 aliphatic rings. The summed E-state index contributed by atoms with van der Waals surface area (Å²) in [6, 6.07) is 9.07. The van der Waals surface area contributed by atoms with E-state index in [0.717, 1.165) is 23.6 Å². The van der Waals surface area contributed by atoms with Crippen molar-refractivity contribution in [3.8, 4) is 0 Å². The van der Waals surface area contributed by atoms with Gasteiger partial charge < -0.3 is 5.73 Å². The summed E-state index contributed by atoms with van der Waals surface area (Å²) >= 11 is 5.60. The quantitative estimate of drug-likeness (QED) is 0.772. The van der Waals surface area contributed by atoms with Crippen molar-refractivity contribution in [1.29, 1.82) is 0 Å². The highest BCUT2D eigenvalue weighted by atomic mass is 35.5. The molecule has 2 nitrogen and oxygen atoms in total.